The van der Waals surface area contributed by atoms with Gasteiger partial charge in [0.25, 0.3) is 5.56 Å². The van der Waals surface area contributed by atoms with Crippen LogP contribution in [0.1, 0.15) is 30.3 Å². The molecular weight excluding hydrogens is 396 g/mol. The fraction of sp³-hybridized carbons (Fsp3) is 0.222. The Labute approximate surface area is 188 Å². The van der Waals surface area contributed by atoms with Crippen molar-refractivity contribution in [2.45, 2.75) is 25.3 Å². The Morgan fingerprint density at radius 3 is 2.12 bits per heavy atom. The first kappa shape index (κ1) is 21.5. The van der Waals surface area contributed by atoms with Gasteiger partial charge >= 0.3 is 0 Å². The van der Waals surface area contributed by atoms with E-state index >= 15 is 0 Å². The van der Waals surface area contributed by atoms with Crippen LogP contribution in [0.3, 0.4) is 0 Å². The molecule has 5 heteroatoms. The van der Waals surface area contributed by atoms with Gasteiger partial charge in [-0.05, 0) is 36.2 Å². The van der Waals surface area contributed by atoms with Crippen molar-refractivity contribution in [1.29, 1.82) is 5.26 Å². The molecule has 0 aliphatic heterocycles. The first-order chi connectivity index (χ1) is 15.7. The lowest BCUT2D eigenvalue weighted by Crippen LogP contribution is -2.34. The molecule has 3 aromatic carbocycles. The van der Waals surface area contributed by atoms with Gasteiger partial charge in [0.15, 0.2) is 0 Å². The summed E-state index contributed by atoms with van der Waals surface area (Å²) in [5.41, 5.74) is 1.80. The van der Waals surface area contributed by atoms with Crippen molar-refractivity contribution in [1.82, 2.24) is 14.9 Å². The van der Waals surface area contributed by atoms with E-state index in [0.717, 1.165) is 17.7 Å². The van der Waals surface area contributed by atoms with E-state index in [1.54, 1.807) is 6.07 Å². The quantitative estimate of drug-likeness (QED) is 0.449. The van der Waals surface area contributed by atoms with Gasteiger partial charge in [-0.15, -0.1) is 0 Å². The summed E-state index contributed by atoms with van der Waals surface area (Å²) in [5.74, 6) is 0.637. The summed E-state index contributed by atoms with van der Waals surface area (Å²) in [6.07, 6.45) is 0.628. The molecule has 0 unspecified atom stereocenters. The fourth-order valence-electron chi connectivity index (χ4n) is 4.18. The normalized spacial score (nSPS) is 11.5. The van der Waals surface area contributed by atoms with Gasteiger partial charge in [-0.25, -0.2) is 4.98 Å². The number of fused-ring (bicyclic) bond motifs is 1. The van der Waals surface area contributed by atoms with Crippen molar-refractivity contribution in [2.24, 2.45) is 0 Å². The average molecular weight is 423 g/mol. The molecule has 160 valence electrons. The number of hydrogen-bond acceptors (Lipinski definition) is 4. The second kappa shape index (κ2) is 9.59. The highest BCUT2D eigenvalue weighted by Gasteiger charge is 2.34. The van der Waals surface area contributed by atoms with Gasteiger partial charge < -0.3 is 4.98 Å². The summed E-state index contributed by atoms with van der Waals surface area (Å²) in [7, 11) is 0. The van der Waals surface area contributed by atoms with E-state index < -0.39 is 5.41 Å². The van der Waals surface area contributed by atoms with E-state index in [2.05, 4.69) is 27.9 Å². The van der Waals surface area contributed by atoms with Gasteiger partial charge in [0, 0.05) is 6.54 Å². The molecule has 1 heterocycles. The van der Waals surface area contributed by atoms with Crippen molar-refractivity contribution in [3.63, 3.8) is 0 Å². The lowest BCUT2D eigenvalue weighted by atomic mass is 9.73. The van der Waals surface area contributed by atoms with Crippen molar-refractivity contribution < 1.29 is 0 Å². The summed E-state index contributed by atoms with van der Waals surface area (Å²) in [6, 6.07) is 29.9. The number of nitrogens with zero attached hydrogens (tertiary/aromatic N) is 3. The molecule has 0 fully saturated rings. The van der Waals surface area contributed by atoms with E-state index in [-0.39, 0.29) is 5.56 Å². The van der Waals surface area contributed by atoms with Crippen LogP contribution in [0.2, 0.25) is 0 Å². The van der Waals surface area contributed by atoms with Crippen LogP contribution in [-0.2, 0) is 12.0 Å². The smallest absolute Gasteiger partial charge is 0.258 e. The Hall–Kier alpha value is -3.75. The molecule has 4 rings (SSSR count). The molecular formula is C27H26N4O. The number of rotatable bonds is 8. The second-order valence-corrected chi connectivity index (χ2v) is 7.90. The molecule has 0 spiro atoms. The summed E-state index contributed by atoms with van der Waals surface area (Å²) in [4.78, 5) is 22.2. The third-order valence-corrected chi connectivity index (χ3v) is 6.01. The van der Waals surface area contributed by atoms with Crippen LogP contribution < -0.4 is 5.56 Å². The standard InChI is InChI=1S/C27H26N4O/c1-2-31(19-25-29-24-16-10-9-15-23(24)26(32)30-25)18-17-27(20-28,21-11-5-3-6-12-21)22-13-7-4-8-14-22/h3-16H,2,17-19H2,1H3,(H,29,30,32). The predicted molar refractivity (Wildman–Crippen MR) is 127 cm³/mol. The second-order valence-electron chi connectivity index (χ2n) is 7.90. The molecule has 0 radical (unpaired) electrons. The lowest BCUT2D eigenvalue weighted by Gasteiger charge is -2.31. The maximum absolute atomic E-state index is 12.4. The van der Waals surface area contributed by atoms with Crippen molar-refractivity contribution in [3.8, 4) is 6.07 Å². The van der Waals surface area contributed by atoms with E-state index in [9.17, 15) is 10.1 Å². The highest BCUT2D eigenvalue weighted by Crippen LogP contribution is 2.35. The van der Waals surface area contributed by atoms with Crippen molar-refractivity contribution >= 4 is 10.9 Å². The first-order valence-electron chi connectivity index (χ1n) is 10.9. The van der Waals surface area contributed by atoms with Gasteiger partial charge in [0.2, 0.25) is 0 Å². The molecule has 0 saturated carbocycles. The molecule has 0 bridgehead atoms. The largest absolute Gasteiger partial charge is 0.309 e. The van der Waals surface area contributed by atoms with Crippen molar-refractivity contribution in [2.75, 3.05) is 13.1 Å². The van der Waals surface area contributed by atoms with Gasteiger partial charge in [-0.1, -0.05) is 79.7 Å². The van der Waals surface area contributed by atoms with Gasteiger partial charge in [-0.2, -0.15) is 5.26 Å². The van der Waals surface area contributed by atoms with Gasteiger partial charge in [-0.3, -0.25) is 9.69 Å². The van der Waals surface area contributed by atoms with E-state index in [0.29, 0.717) is 36.2 Å². The molecule has 1 N–H and O–H groups in total. The number of aromatic amines is 1. The molecule has 0 atom stereocenters. The molecule has 1 aromatic heterocycles. The molecule has 32 heavy (non-hydrogen) atoms. The maximum Gasteiger partial charge on any atom is 0.258 e. The SMILES string of the molecule is CCN(CCC(C#N)(c1ccccc1)c1ccccc1)Cc1nc2ccccc2c(=O)[nH]1. The van der Waals surface area contributed by atoms with Crippen LogP contribution in [0, 0.1) is 11.3 Å². The minimum Gasteiger partial charge on any atom is -0.309 e. The Morgan fingerprint density at radius 2 is 1.53 bits per heavy atom. The van der Waals surface area contributed by atoms with Crippen LogP contribution in [0.25, 0.3) is 10.9 Å². The zero-order chi connectivity index (χ0) is 22.4. The molecule has 4 aromatic rings. The lowest BCUT2D eigenvalue weighted by molar-refractivity contribution is 0.257. The minimum absolute atomic E-state index is 0.124. The zero-order valence-corrected chi connectivity index (χ0v) is 18.2. The topological polar surface area (TPSA) is 72.8 Å². The van der Waals surface area contributed by atoms with Crippen LogP contribution in [-0.4, -0.2) is 28.0 Å². The van der Waals surface area contributed by atoms with Crippen LogP contribution in [0.15, 0.2) is 89.7 Å². The van der Waals surface area contributed by atoms with Crippen LogP contribution >= 0.6 is 0 Å². The molecule has 5 nitrogen and oxygen atoms in total. The number of nitriles is 1. The summed E-state index contributed by atoms with van der Waals surface area (Å²) < 4.78 is 0. The van der Waals surface area contributed by atoms with Gasteiger partial charge in [0.05, 0.1) is 23.5 Å². The predicted octanol–water partition coefficient (Wildman–Crippen LogP) is 4.64. The Balaban J connectivity index is 1.61. The summed E-state index contributed by atoms with van der Waals surface area (Å²) in [5, 5.41) is 11.0. The summed E-state index contributed by atoms with van der Waals surface area (Å²) in [6.45, 7) is 4.06. The van der Waals surface area contributed by atoms with Crippen molar-refractivity contribution in [3.05, 3.63) is 112 Å². The van der Waals surface area contributed by atoms with E-state index in [1.165, 1.54) is 0 Å². The minimum atomic E-state index is -0.750. The maximum atomic E-state index is 12.4. The number of para-hydroxylation sites is 1. The number of benzene rings is 3. The van der Waals surface area contributed by atoms with Crippen LogP contribution in [0.5, 0.6) is 0 Å². The Bertz CT molecular complexity index is 1240. The highest BCUT2D eigenvalue weighted by atomic mass is 16.1. The number of nitrogens with one attached hydrogen (secondary N) is 1. The van der Waals surface area contributed by atoms with E-state index in [1.807, 2.05) is 78.9 Å². The molecule has 0 aliphatic rings. The third-order valence-electron chi connectivity index (χ3n) is 6.01. The number of H-pyrrole nitrogens is 1. The number of hydrogen-bond donors (Lipinski definition) is 1. The highest BCUT2D eigenvalue weighted by molar-refractivity contribution is 5.77. The third kappa shape index (κ3) is 4.32. The van der Waals surface area contributed by atoms with Crippen LogP contribution in [0.4, 0.5) is 0 Å². The fourth-order valence-corrected chi connectivity index (χ4v) is 4.18. The molecule has 0 saturated heterocycles. The van der Waals surface area contributed by atoms with E-state index in [4.69, 9.17) is 0 Å². The first-order valence-corrected chi connectivity index (χ1v) is 10.9. The summed E-state index contributed by atoms with van der Waals surface area (Å²) >= 11 is 0. The number of aromatic nitrogens is 2. The zero-order valence-electron chi connectivity index (χ0n) is 18.2. The molecule has 0 amide bonds. The Morgan fingerprint density at radius 1 is 0.938 bits per heavy atom. The molecule has 0 aliphatic carbocycles. The monoisotopic (exact) mass is 422 g/mol. The average Bonchev–Trinajstić information content (AvgIpc) is 2.85. The Kier molecular flexibility index (Phi) is 6.44. The van der Waals surface area contributed by atoms with Gasteiger partial charge in [0.1, 0.15) is 11.2 Å².